The number of aromatic nitrogens is 3. The molecule has 1 saturated heterocycles. The summed E-state index contributed by atoms with van der Waals surface area (Å²) in [6.07, 6.45) is 5.52. The molecule has 1 unspecified atom stereocenters. The zero-order valence-corrected chi connectivity index (χ0v) is 15.1. The SMILES string of the molecule is N#Cc1ccccc1N1CCCC(NCc2ccc(-n3cncn3)cc2)C1. The van der Waals surface area contributed by atoms with Crippen LogP contribution in [0.3, 0.4) is 0 Å². The first-order valence-corrected chi connectivity index (χ1v) is 9.25. The zero-order valence-electron chi connectivity index (χ0n) is 15.1. The fourth-order valence-electron chi connectivity index (χ4n) is 3.58. The molecule has 0 aliphatic carbocycles. The maximum Gasteiger partial charge on any atom is 0.138 e. The van der Waals surface area contributed by atoms with Gasteiger partial charge < -0.3 is 10.2 Å². The van der Waals surface area contributed by atoms with Crippen LogP contribution in [-0.2, 0) is 6.54 Å². The Bertz CT molecular complexity index is 911. The highest BCUT2D eigenvalue weighted by molar-refractivity contribution is 5.59. The van der Waals surface area contributed by atoms with E-state index in [9.17, 15) is 5.26 Å². The van der Waals surface area contributed by atoms with Crippen LogP contribution in [-0.4, -0.2) is 33.9 Å². The number of hydrogen-bond acceptors (Lipinski definition) is 5. The molecule has 2 heterocycles. The van der Waals surface area contributed by atoms with Crippen LogP contribution in [0.25, 0.3) is 5.69 Å². The second-order valence-electron chi connectivity index (χ2n) is 6.80. The van der Waals surface area contributed by atoms with Crippen LogP contribution in [0.4, 0.5) is 5.69 Å². The Morgan fingerprint density at radius 1 is 1.15 bits per heavy atom. The third-order valence-electron chi connectivity index (χ3n) is 5.00. The highest BCUT2D eigenvalue weighted by Gasteiger charge is 2.21. The third-order valence-corrected chi connectivity index (χ3v) is 5.00. The van der Waals surface area contributed by atoms with Gasteiger partial charge in [0.2, 0.25) is 0 Å². The van der Waals surface area contributed by atoms with E-state index in [0.29, 0.717) is 6.04 Å². The summed E-state index contributed by atoms with van der Waals surface area (Å²) in [5.41, 5.74) is 4.05. The molecular formula is C21H22N6. The van der Waals surface area contributed by atoms with E-state index in [2.05, 4.69) is 50.6 Å². The van der Waals surface area contributed by atoms with Crippen molar-refractivity contribution in [2.45, 2.75) is 25.4 Å². The average molecular weight is 358 g/mol. The van der Waals surface area contributed by atoms with Crippen molar-refractivity contribution in [3.8, 4) is 11.8 Å². The lowest BCUT2D eigenvalue weighted by Crippen LogP contribution is -2.45. The predicted octanol–water partition coefficient (Wildman–Crippen LogP) is 2.90. The summed E-state index contributed by atoms with van der Waals surface area (Å²) in [7, 11) is 0. The van der Waals surface area contributed by atoms with Crippen molar-refractivity contribution in [2.24, 2.45) is 0 Å². The first-order chi connectivity index (χ1) is 13.3. The summed E-state index contributed by atoms with van der Waals surface area (Å²) in [5, 5.41) is 17.2. The highest BCUT2D eigenvalue weighted by atomic mass is 15.3. The van der Waals surface area contributed by atoms with Crippen LogP contribution in [0.2, 0.25) is 0 Å². The molecule has 1 N–H and O–H groups in total. The molecule has 2 aromatic carbocycles. The van der Waals surface area contributed by atoms with E-state index in [-0.39, 0.29) is 0 Å². The molecule has 4 rings (SSSR count). The van der Waals surface area contributed by atoms with Crippen LogP contribution in [0.15, 0.2) is 61.2 Å². The molecular weight excluding hydrogens is 336 g/mol. The van der Waals surface area contributed by atoms with Gasteiger partial charge in [0.15, 0.2) is 0 Å². The molecule has 27 heavy (non-hydrogen) atoms. The molecule has 1 aromatic heterocycles. The molecule has 1 aliphatic heterocycles. The molecule has 6 nitrogen and oxygen atoms in total. The Morgan fingerprint density at radius 2 is 2.00 bits per heavy atom. The van der Waals surface area contributed by atoms with Crippen LogP contribution in [0.1, 0.15) is 24.0 Å². The fraction of sp³-hybridized carbons (Fsp3) is 0.286. The van der Waals surface area contributed by atoms with E-state index < -0.39 is 0 Å². The van der Waals surface area contributed by atoms with Gasteiger partial charge in [0.1, 0.15) is 18.7 Å². The quantitative estimate of drug-likeness (QED) is 0.759. The van der Waals surface area contributed by atoms with Gasteiger partial charge >= 0.3 is 0 Å². The fourth-order valence-corrected chi connectivity index (χ4v) is 3.58. The number of nitriles is 1. The largest absolute Gasteiger partial charge is 0.369 e. The summed E-state index contributed by atoms with van der Waals surface area (Å²) in [4.78, 5) is 6.30. The minimum Gasteiger partial charge on any atom is -0.369 e. The minimum atomic E-state index is 0.417. The van der Waals surface area contributed by atoms with Gasteiger partial charge in [-0.05, 0) is 42.7 Å². The minimum absolute atomic E-state index is 0.417. The molecule has 6 heteroatoms. The normalized spacial score (nSPS) is 16.9. The number of nitrogens with zero attached hydrogens (tertiary/aromatic N) is 5. The summed E-state index contributed by atoms with van der Waals surface area (Å²) in [5.74, 6) is 0. The van der Waals surface area contributed by atoms with Gasteiger partial charge in [0, 0.05) is 25.7 Å². The van der Waals surface area contributed by atoms with Crippen molar-refractivity contribution >= 4 is 5.69 Å². The summed E-state index contributed by atoms with van der Waals surface area (Å²) < 4.78 is 1.75. The van der Waals surface area contributed by atoms with Crippen molar-refractivity contribution in [1.82, 2.24) is 20.1 Å². The van der Waals surface area contributed by atoms with Crippen molar-refractivity contribution < 1.29 is 0 Å². The van der Waals surface area contributed by atoms with Crippen LogP contribution in [0.5, 0.6) is 0 Å². The Balaban J connectivity index is 1.36. The zero-order chi connectivity index (χ0) is 18.5. The Kier molecular flexibility index (Phi) is 5.13. The maximum atomic E-state index is 9.36. The number of nitrogens with one attached hydrogen (secondary N) is 1. The third kappa shape index (κ3) is 3.99. The Morgan fingerprint density at radius 3 is 2.78 bits per heavy atom. The smallest absolute Gasteiger partial charge is 0.138 e. The lowest BCUT2D eigenvalue weighted by atomic mass is 10.0. The molecule has 0 radical (unpaired) electrons. The van der Waals surface area contributed by atoms with E-state index in [4.69, 9.17) is 0 Å². The van der Waals surface area contributed by atoms with E-state index >= 15 is 0 Å². The highest BCUT2D eigenvalue weighted by Crippen LogP contribution is 2.23. The van der Waals surface area contributed by atoms with Gasteiger partial charge in [-0.2, -0.15) is 10.4 Å². The molecule has 0 spiro atoms. The van der Waals surface area contributed by atoms with Gasteiger partial charge in [0.05, 0.1) is 16.9 Å². The van der Waals surface area contributed by atoms with Gasteiger partial charge in [-0.25, -0.2) is 9.67 Å². The van der Waals surface area contributed by atoms with Gasteiger partial charge in [-0.3, -0.25) is 0 Å². The molecule has 136 valence electrons. The van der Waals surface area contributed by atoms with Crippen molar-refractivity contribution in [2.75, 3.05) is 18.0 Å². The van der Waals surface area contributed by atoms with E-state index in [1.807, 2.05) is 24.3 Å². The van der Waals surface area contributed by atoms with Gasteiger partial charge in [-0.1, -0.05) is 24.3 Å². The van der Waals surface area contributed by atoms with E-state index in [1.54, 1.807) is 11.0 Å². The number of anilines is 1. The first kappa shape index (κ1) is 17.3. The lowest BCUT2D eigenvalue weighted by molar-refractivity contribution is 0.421. The molecule has 1 fully saturated rings. The average Bonchev–Trinajstić information content (AvgIpc) is 3.28. The Labute approximate surface area is 159 Å². The monoisotopic (exact) mass is 358 g/mol. The topological polar surface area (TPSA) is 69.8 Å². The number of rotatable bonds is 5. The van der Waals surface area contributed by atoms with Crippen molar-refractivity contribution in [3.05, 3.63) is 72.3 Å². The molecule has 1 atom stereocenters. The summed E-state index contributed by atoms with van der Waals surface area (Å²) in [6.45, 7) is 2.76. The van der Waals surface area contributed by atoms with Crippen LogP contribution in [0, 0.1) is 11.3 Å². The van der Waals surface area contributed by atoms with E-state index in [0.717, 1.165) is 49.4 Å². The number of piperidine rings is 1. The summed E-state index contributed by atoms with van der Waals surface area (Å²) >= 11 is 0. The van der Waals surface area contributed by atoms with E-state index in [1.165, 1.54) is 11.9 Å². The molecule has 0 bridgehead atoms. The number of para-hydroxylation sites is 1. The van der Waals surface area contributed by atoms with Gasteiger partial charge in [-0.15, -0.1) is 0 Å². The maximum absolute atomic E-state index is 9.36. The molecule has 0 amide bonds. The van der Waals surface area contributed by atoms with Crippen LogP contribution >= 0.6 is 0 Å². The Hall–Kier alpha value is -3.17. The molecule has 3 aromatic rings. The van der Waals surface area contributed by atoms with Gasteiger partial charge in [0.25, 0.3) is 0 Å². The predicted molar refractivity (Wildman–Crippen MR) is 105 cm³/mol. The molecule has 0 saturated carbocycles. The second-order valence-corrected chi connectivity index (χ2v) is 6.80. The van der Waals surface area contributed by atoms with Crippen molar-refractivity contribution in [1.29, 1.82) is 5.26 Å². The lowest BCUT2D eigenvalue weighted by Gasteiger charge is -2.35. The van der Waals surface area contributed by atoms with Crippen LogP contribution < -0.4 is 10.2 Å². The second kappa shape index (κ2) is 8.02. The standard InChI is InChI=1S/C21H22N6/c22-12-18-4-1-2-6-21(18)26-11-3-5-19(14-26)24-13-17-7-9-20(10-8-17)27-16-23-15-25-27/h1-2,4,6-10,15-16,19,24H,3,5,11,13-14H2. The van der Waals surface area contributed by atoms with Crippen molar-refractivity contribution in [3.63, 3.8) is 0 Å². The number of benzene rings is 2. The molecule has 1 aliphatic rings. The number of hydrogen-bond donors (Lipinski definition) is 1. The first-order valence-electron chi connectivity index (χ1n) is 9.25. The summed E-state index contributed by atoms with van der Waals surface area (Å²) in [6, 6.07) is 18.9.